The molecule has 2 atom stereocenters. The molecule has 96 valence electrons. The van der Waals surface area contributed by atoms with Crippen LogP contribution in [0, 0.1) is 5.82 Å². The lowest BCUT2D eigenvalue weighted by atomic mass is 10.0. The lowest BCUT2D eigenvalue weighted by Gasteiger charge is -2.23. The molecule has 1 aromatic carbocycles. The molecule has 0 aliphatic carbocycles. The number of aliphatic hydroxyl groups excluding tert-OH is 1. The van der Waals surface area contributed by atoms with Gasteiger partial charge in [0.2, 0.25) is 0 Å². The van der Waals surface area contributed by atoms with Crippen LogP contribution in [-0.2, 0) is 6.42 Å². The van der Waals surface area contributed by atoms with Gasteiger partial charge < -0.3 is 15.5 Å². The first kappa shape index (κ1) is 14.1. The Kier molecular flexibility index (Phi) is 5.05. The van der Waals surface area contributed by atoms with Gasteiger partial charge in [0, 0.05) is 12.6 Å². The molecule has 0 heterocycles. The highest BCUT2D eigenvalue weighted by Gasteiger charge is 2.19. The van der Waals surface area contributed by atoms with Crippen LogP contribution in [0.5, 0.6) is 0 Å². The molecule has 0 spiro atoms. The zero-order valence-electron chi connectivity index (χ0n) is 10.3. The van der Waals surface area contributed by atoms with Crippen molar-refractivity contribution in [2.45, 2.75) is 31.9 Å². The van der Waals surface area contributed by atoms with Crippen molar-refractivity contribution in [2.24, 2.45) is 0 Å². The molecule has 0 aliphatic heterocycles. The van der Waals surface area contributed by atoms with Gasteiger partial charge in [-0.05, 0) is 38.0 Å². The fraction of sp³-hybridized carbons (Fsp3) is 0.538. The van der Waals surface area contributed by atoms with Gasteiger partial charge in [0.15, 0.2) is 0 Å². The van der Waals surface area contributed by atoms with E-state index in [1.54, 1.807) is 19.1 Å². The third kappa shape index (κ3) is 5.26. The largest absolute Gasteiger partial charge is 0.393 e. The summed E-state index contributed by atoms with van der Waals surface area (Å²) in [6, 6.07) is 6.52. The van der Waals surface area contributed by atoms with Crippen LogP contribution in [0.2, 0.25) is 0 Å². The number of halogens is 1. The maximum atomic E-state index is 12.7. The maximum Gasteiger partial charge on any atom is 0.123 e. The second-order valence-electron chi connectivity index (χ2n) is 4.77. The Morgan fingerprint density at radius 2 is 1.94 bits per heavy atom. The first-order chi connectivity index (χ1) is 7.93. The van der Waals surface area contributed by atoms with Crippen molar-refractivity contribution in [3.8, 4) is 0 Å². The predicted octanol–water partition coefficient (Wildman–Crippen LogP) is 1.09. The zero-order valence-corrected chi connectivity index (χ0v) is 10.3. The molecule has 2 unspecified atom stereocenters. The average Bonchev–Trinajstić information content (AvgIpc) is 2.30. The minimum Gasteiger partial charge on any atom is -0.393 e. The van der Waals surface area contributed by atoms with Gasteiger partial charge in [-0.3, -0.25) is 0 Å². The first-order valence-electron chi connectivity index (χ1n) is 5.74. The molecule has 1 aromatic rings. The zero-order chi connectivity index (χ0) is 12.9. The van der Waals surface area contributed by atoms with Crippen molar-refractivity contribution in [3.05, 3.63) is 35.6 Å². The molecule has 17 heavy (non-hydrogen) atoms. The standard InChI is InChI=1S/C13H20FNO2/c1-10(15-8-13(2,17)9-16)7-11-3-5-12(14)6-4-11/h3-6,10,15-17H,7-9H2,1-2H3. The van der Waals surface area contributed by atoms with Gasteiger partial charge in [-0.15, -0.1) is 0 Å². The van der Waals surface area contributed by atoms with E-state index < -0.39 is 5.60 Å². The average molecular weight is 241 g/mol. The van der Waals surface area contributed by atoms with Crippen LogP contribution in [0.4, 0.5) is 4.39 Å². The number of hydrogen-bond donors (Lipinski definition) is 3. The maximum absolute atomic E-state index is 12.7. The molecular weight excluding hydrogens is 221 g/mol. The van der Waals surface area contributed by atoms with Crippen molar-refractivity contribution in [2.75, 3.05) is 13.2 Å². The van der Waals surface area contributed by atoms with E-state index in [4.69, 9.17) is 5.11 Å². The second kappa shape index (κ2) is 6.10. The molecule has 0 amide bonds. The van der Waals surface area contributed by atoms with E-state index in [0.717, 1.165) is 12.0 Å². The van der Waals surface area contributed by atoms with Gasteiger partial charge in [-0.1, -0.05) is 12.1 Å². The predicted molar refractivity (Wildman–Crippen MR) is 65.3 cm³/mol. The monoisotopic (exact) mass is 241 g/mol. The molecule has 0 fully saturated rings. The van der Waals surface area contributed by atoms with Crippen molar-refractivity contribution < 1.29 is 14.6 Å². The summed E-state index contributed by atoms with van der Waals surface area (Å²) in [6.45, 7) is 3.61. The highest BCUT2D eigenvalue weighted by Crippen LogP contribution is 2.06. The number of hydrogen-bond acceptors (Lipinski definition) is 3. The van der Waals surface area contributed by atoms with Gasteiger partial charge >= 0.3 is 0 Å². The van der Waals surface area contributed by atoms with Crippen LogP contribution in [0.25, 0.3) is 0 Å². The Hall–Kier alpha value is -0.970. The molecule has 0 bridgehead atoms. The highest BCUT2D eigenvalue weighted by molar-refractivity contribution is 5.17. The Morgan fingerprint density at radius 1 is 1.35 bits per heavy atom. The fourth-order valence-corrected chi connectivity index (χ4v) is 1.50. The van der Waals surface area contributed by atoms with Gasteiger partial charge in [-0.2, -0.15) is 0 Å². The van der Waals surface area contributed by atoms with Crippen LogP contribution in [0.15, 0.2) is 24.3 Å². The quantitative estimate of drug-likeness (QED) is 0.699. The lowest BCUT2D eigenvalue weighted by molar-refractivity contribution is 0.00111. The molecule has 3 N–H and O–H groups in total. The topological polar surface area (TPSA) is 52.5 Å². The summed E-state index contributed by atoms with van der Waals surface area (Å²) in [5, 5.41) is 21.6. The minimum atomic E-state index is -1.10. The van der Waals surface area contributed by atoms with Crippen molar-refractivity contribution >= 4 is 0 Å². The molecule has 0 aliphatic rings. The Bertz CT molecular complexity index is 338. The first-order valence-corrected chi connectivity index (χ1v) is 5.74. The summed E-state index contributed by atoms with van der Waals surface area (Å²) < 4.78 is 12.7. The van der Waals surface area contributed by atoms with Crippen LogP contribution in [0.3, 0.4) is 0 Å². The van der Waals surface area contributed by atoms with Gasteiger partial charge in [-0.25, -0.2) is 4.39 Å². The summed E-state index contributed by atoms with van der Waals surface area (Å²) in [5.41, 5.74) is -0.0631. The van der Waals surface area contributed by atoms with Crippen molar-refractivity contribution in [1.29, 1.82) is 0 Å². The molecule has 0 saturated heterocycles. The third-order valence-electron chi connectivity index (χ3n) is 2.63. The number of aliphatic hydroxyl groups is 2. The normalized spacial score (nSPS) is 16.5. The van der Waals surface area contributed by atoms with Crippen molar-refractivity contribution in [3.63, 3.8) is 0 Å². The molecule has 1 rings (SSSR count). The fourth-order valence-electron chi connectivity index (χ4n) is 1.50. The summed E-state index contributed by atoms with van der Waals surface area (Å²) in [7, 11) is 0. The summed E-state index contributed by atoms with van der Waals surface area (Å²) in [6.07, 6.45) is 0.752. The molecular formula is C13H20FNO2. The minimum absolute atomic E-state index is 0.151. The Balaban J connectivity index is 2.39. The van der Waals surface area contributed by atoms with Crippen LogP contribution in [0.1, 0.15) is 19.4 Å². The van der Waals surface area contributed by atoms with Gasteiger partial charge in [0.05, 0.1) is 12.2 Å². The van der Waals surface area contributed by atoms with E-state index in [0.29, 0.717) is 6.54 Å². The number of nitrogens with one attached hydrogen (secondary N) is 1. The smallest absolute Gasteiger partial charge is 0.123 e. The molecule has 0 radical (unpaired) electrons. The molecule has 0 saturated carbocycles. The van der Waals surface area contributed by atoms with Crippen LogP contribution in [-0.4, -0.2) is 35.0 Å². The van der Waals surface area contributed by atoms with E-state index in [1.165, 1.54) is 12.1 Å². The molecule has 4 heteroatoms. The Morgan fingerprint density at radius 3 is 2.47 bits per heavy atom. The highest BCUT2D eigenvalue weighted by atomic mass is 19.1. The summed E-state index contributed by atoms with van der Waals surface area (Å²) in [5.74, 6) is -0.238. The van der Waals surface area contributed by atoms with Crippen molar-refractivity contribution in [1.82, 2.24) is 5.32 Å². The number of rotatable bonds is 6. The SMILES string of the molecule is CC(Cc1ccc(F)cc1)NCC(C)(O)CO. The van der Waals surface area contributed by atoms with Gasteiger partial charge in [0.25, 0.3) is 0 Å². The van der Waals surface area contributed by atoms with E-state index in [9.17, 15) is 9.50 Å². The summed E-state index contributed by atoms with van der Waals surface area (Å²) in [4.78, 5) is 0. The lowest BCUT2D eigenvalue weighted by Crippen LogP contribution is -2.44. The van der Waals surface area contributed by atoms with Gasteiger partial charge in [0.1, 0.15) is 5.82 Å². The number of benzene rings is 1. The van der Waals surface area contributed by atoms with Crippen LogP contribution < -0.4 is 5.32 Å². The molecule has 0 aromatic heterocycles. The third-order valence-corrected chi connectivity index (χ3v) is 2.63. The van der Waals surface area contributed by atoms with E-state index >= 15 is 0 Å². The van der Waals surface area contributed by atoms with E-state index in [2.05, 4.69) is 5.32 Å². The van der Waals surface area contributed by atoms with E-state index in [1.807, 2.05) is 6.92 Å². The van der Waals surface area contributed by atoms with E-state index in [-0.39, 0.29) is 18.5 Å². The summed E-state index contributed by atoms with van der Waals surface area (Å²) >= 11 is 0. The second-order valence-corrected chi connectivity index (χ2v) is 4.77. The van der Waals surface area contributed by atoms with Crippen LogP contribution >= 0.6 is 0 Å². The Labute approximate surface area is 101 Å². The molecule has 3 nitrogen and oxygen atoms in total.